The number of amides is 2. The lowest BCUT2D eigenvalue weighted by atomic mass is 9.78. The zero-order chi connectivity index (χ0) is 60.6. The Morgan fingerprint density at radius 3 is 1.57 bits per heavy atom. The molecular weight excluding hydrogens is 1210 g/mol. The average molecular weight is 1260 g/mol. The molecule has 426 valence electrons. The highest BCUT2D eigenvalue weighted by atomic mass is 36.0. The average Bonchev–Trinajstić information content (AvgIpc) is 3.82. The third-order valence-electron chi connectivity index (χ3n) is 12.3. The molecule has 2 amide bonds. The number of fused-ring (bicyclic) bond motifs is 5. The van der Waals surface area contributed by atoms with Crippen LogP contribution in [-0.4, -0.2) is 65.3 Å². The van der Waals surface area contributed by atoms with Crippen LogP contribution in [0.2, 0.25) is 15.7 Å². The van der Waals surface area contributed by atoms with Crippen LogP contribution in [0, 0.1) is 0 Å². The fourth-order valence-electron chi connectivity index (χ4n) is 7.76. The number of nitrogens with two attached hydrogens (primary N) is 3. The van der Waals surface area contributed by atoms with Gasteiger partial charge >= 0.3 is 30.0 Å². The van der Waals surface area contributed by atoms with Crippen LogP contribution in [0.3, 0.4) is 0 Å². The Bertz CT molecular complexity index is 4240. The number of hydrogen-bond donors (Lipinski definition) is 6. The molecule has 8 aromatic carbocycles. The Morgan fingerprint density at radius 2 is 1.01 bits per heavy atom. The van der Waals surface area contributed by atoms with Gasteiger partial charge in [-0.2, -0.15) is 0 Å². The second kappa shape index (κ2) is 29.1. The maximum Gasteiger partial charge on any atom is 0.494 e. The number of aromatic nitrogens is 6. The van der Waals surface area contributed by atoms with Gasteiger partial charge in [-0.3, -0.25) is 14.3 Å². The standard InChI is InChI=1S/C18H11ClN2.C16H19BO2.C8H4Cl2N2.C8H6N2O2.C7H7NO2.CH4N2O.Cl3OP/c19-18-20-16-8-4-3-7-15(16)17(21-18)14-10-9-12-5-1-2-6-13(12)11-14;1-15(2)16(3,4)19-17(18-15)14-10-9-12-7-5-6-8-13(12)11-14;9-7-5-3-1-2-4-6(5)11-8(10)12-7;11-7-5-3-1-2-4-6(5)9-8(12)10-7;8-6-4-2-1-3-5(6)7(9)10;2-1(3)4;1-5(2,3)4/h1-11H;5-11H,1-4H3;1-4H;1-4H,(H2,9,10,11,12);1-4H,8H2,(H,9,10);(H4,2,3,4);. The summed E-state index contributed by atoms with van der Waals surface area (Å²) in [5, 5.41) is 13.3. The first kappa shape index (κ1) is 64.6. The molecule has 11 aromatic rings. The van der Waals surface area contributed by atoms with Crippen molar-refractivity contribution in [3.05, 3.63) is 224 Å². The van der Waals surface area contributed by atoms with E-state index in [1.54, 1.807) is 42.5 Å². The van der Waals surface area contributed by atoms with E-state index in [2.05, 4.69) is 176 Å². The van der Waals surface area contributed by atoms with Crippen LogP contribution in [0.25, 0.3) is 65.5 Å². The highest BCUT2D eigenvalue weighted by Gasteiger charge is 2.51. The Hall–Kier alpha value is -7.61. The number of hydrogen-bond acceptors (Lipinski definition) is 12. The maximum atomic E-state index is 11.1. The van der Waals surface area contributed by atoms with Crippen LogP contribution in [0.5, 0.6) is 0 Å². The summed E-state index contributed by atoms with van der Waals surface area (Å²) in [5.74, 6) is -0.988. The number of H-pyrrole nitrogens is 2. The van der Waals surface area contributed by atoms with Crippen LogP contribution in [0.1, 0.15) is 38.1 Å². The van der Waals surface area contributed by atoms with E-state index in [-0.39, 0.29) is 40.0 Å². The lowest BCUT2D eigenvalue weighted by Crippen LogP contribution is -2.41. The van der Waals surface area contributed by atoms with E-state index >= 15 is 0 Å². The SMILES string of the molecule is CC1(C)OB(c2ccc3ccccc3c2)OC1(C)C.Clc1nc(-c2ccc3ccccc3c2)c2ccccc2n1.Clc1nc(Cl)c2ccccc2n1.NC(N)=O.Nc1ccccc1C(=O)O.O=P(Cl)(Cl)Cl.O=c1[nH]c(=O)c2ccccc2[nH]1. The minimum absolute atomic E-state index is 0.155. The number of rotatable bonds is 3. The van der Waals surface area contributed by atoms with Crippen molar-refractivity contribution in [3.8, 4) is 11.3 Å². The van der Waals surface area contributed by atoms with E-state index in [9.17, 15) is 18.9 Å². The number of anilines is 1. The number of primary amides is 2. The number of carbonyl (C=O) groups excluding carboxylic acids is 1. The van der Waals surface area contributed by atoms with E-state index < -0.39 is 22.9 Å². The van der Waals surface area contributed by atoms with E-state index in [1.165, 1.54) is 27.6 Å². The third kappa shape index (κ3) is 19.0. The molecular formula is C58H51BCl6N9O8P. The van der Waals surface area contributed by atoms with Gasteiger partial charge in [-0.25, -0.2) is 34.3 Å². The molecule has 17 nitrogen and oxygen atoms in total. The lowest BCUT2D eigenvalue weighted by Gasteiger charge is -2.32. The second-order valence-corrected chi connectivity index (χ2v) is 26.2. The van der Waals surface area contributed by atoms with Crippen molar-refractivity contribution in [2.24, 2.45) is 11.5 Å². The number of aromatic carboxylic acids is 1. The fraction of sp³-hybridized carbons (Fsp3) is 0.103. The molecule has 0 spiro atoms. The number of carboxylic acid groups (broad SMARTS) is 1. The van der Waals surface area contributed by atoms with Crippen molar-refractivity contribution in [1.29, 1.82) is 0 Å². The molecule has 1 fully saturated rings. The van der Waals surface area contributed by atoms with Crippen molar-refractivity contribution in [1.82, 2.24) is 29.9 Å². The van der Waals surface area contributed by atoms with Gasteiger partial charge in [-0.1, -0.05) is 145 Å². The maximum absolute atomic E-state index is 11.1. The summed E-state index contributed by atoms with van der Waals surface area (Å²) < 4.78 is 21.7. The van der Waals surface area contributed by atoms with Gasteiger partial charge < -0.3 is 36.6 Å². The summed E-state index contributed by atoms with van der Waals surface area (Å²) >= 11 is 31.4. The van der Waals surface area contributed by atoms with Crippen molar-refractivity contribution >= 4 is 158 Å². The Labute approximate surface area is 504 Å². The first-order valence-corrected chi connectivity index (χ1v) is 30.1. The third-order valence-corrected chi connectivity index (χ3v) is 12.9. The van der Waals surface area contributed by atoms with Gasteiger partial charge in [0, 0.05) is 22.0 Å². The molecule has 25 heteroatoms. The number of nitrogens with zero attached hydrogens (tertiary/aromatic N) is 4. The normalized spacial score (nSPS) is 12.7. The number of nitrogen functional groups attached to an aromatic ring is 1. The van der Waals surface area contributed by atoms with Crippen molar-refractivity contribution < 1.29 is 28.6 Å². The number of carboxylic acids is 1. The molecule has 0 aliphatic carbocycles. The molecule has 0 radical (unpaired) electrons. The van der Waals surface area contributed by atoms with Crippen LogP contribution >= 0.6 is 73.7 Å². The Morgan fingerprint density at radius 1 is 0.566 bits per heavy atom. The summed E-state index contributed by atoms with van der Waals surface area (Å²) in [6.45, 7) is 8.31. The summed E-state index contributed by atoms with van der Waals surface area (Å²) in [6, 6.07) is 57.1. The number of benzene rings is 8. The first-order chi connectivity index (χ1) is 39.2. The van der Waals surface area contributed by atoms with Crippen molar-refractivity contribution in [2.75, 3.05) is 5.73 Å². The fourth-order valence-corrected chi connectivity index (χ4v) is 8.39. The molecule has 3 aromatic heterocycles. The predicted octanol–water partition coefficient (Wildman–Crippen LogP) is 14.2. The van der Waals surface area contributed by atoms with Crippen LogP contribution in [-0.2, 0) is 13.9 Å². The van der Waals surface area contributed by atoms with Gasteiger partial charge in [0.1, 0.15) is 5.15 Å². The van der Waals surface area contributed by atoms with Gasteiger partial charge in [0.05, 0.1) is 44.4 Å². The van der Waals surface area contributed by atoms with Crippen molar-refractivity contribution in [2.45, 2.75) is 38.9 Å². The zero-order valence-electron chi connectivity index (χ0n) is 44.4. The van der Waals surface area contributed by atoms with Crippen LogP contribution in [0.4, 0.5) is 10.5 Å². The highest BCUT2D eigenvalue weighted by Crippen LogP contribution is 2.61. The van der Waals surface area contributed by atoms with Gasteiger partial charge in [0.25, 0.3) is 5.56 Å². The number of carbonyl (C=O) groups is 2. The van der Waals surface area contributed by atoms with Crippen molar-refractivity contribution in [3.63, 3.8) is 0 Å². The van der Waals surface area contributed by atoms with Crippen LogP contribution < -0.4 is 33.9 Å². The summed E-state index contributed by atoms with van der Waals surface area (Å²) in [7, 11) is -0.283. The second-order valence-electron chi connectivity index (χ2n) is 18.6. The minimum atomic E-state index is -3.22. The quantitative estimate of drug-likeness (QED) is 0.0316. The summed E-state index contributed by atoms with van der Waals surface area (Å²) in [5.41, 5.74) is 18.1. The highest BCUT2D eigenvalue weighted by molar-refractivity contribution is 8.24. The number of halogens is 6. The van der Waals surface area contributed by atoms with E-state index in [0.717, 1.165) is 38.5 Å². The predicted molar refractivity (Wildman–Crippen MR) is 339 cm³/mol. The van der Waals surface area contributed by atoms with E-state index in [1.807, 2.05) is 60.7 Å². The molecule has 0 saturated carbocycles. The Kier molecular flexibility index (Phi) is 22.6. The Balaban J connectivity index is 0.000000164. The molecule has 0 bridgehead atoms. The number of nitrogens with one attached hydrogen (secondary N) is 2. The van der Waals surface area contributed by atoms with E-state index in [4.69, 9.17) is 59.7 Å². The molecule has 1 aliphatic heterocycles. The molecule has 83 heavy (non-hydrogen) atoms. The van der Waals surface area contributed by atoms with Gasteiger partial charge in [0.2, 0.25) is 10.6 Å². The first-order valence-electron chi connectivity index (χ1n) is 24.6. The lowest BCUT2D eigenvalue weighted by molar-refractivity contribution is 0.00578. The molecule has 4 heterocycles. The minimum Gasteiger partial charge on any atom is -0.478 e. The van der Waals surface area contributed by atoms with Gasteiger partial charge in [0.15, 0.2) is 0 Å². The molecule has 0 unspecified atom stereocenters. The monoisotopic (exact) mass is 1250 g/mol. The molecule has 9 N–H and O–H groups in total. The van der Waals surface area contributed by atoms with E-state index in [0.29, 0.717) is 21.7 Å². The van der Waals surface area contributed by atoms with Crippen LogP contribution in [0.15, 0.2) is 192 Å². The molecule has 12 rings (SSSR count). The topological polar surface area (TPSA) is 285 Å². The smallest absolute Gasteiger partial charge is 0.478 e. The molecule has 1 aliphatic rings. The number of para-hydroxylation sites is 4. The molecule has 0 atom stereocenters. The summed E-state index contributed by atoms with van der Waals surface area (Å²) in [6.07, 6.45) is 0. The number of aromatic amines is 2. The number of urea groups is 1. The van der Waals surface area contributed by atoms with Gasteiger partial charge in [-0.05, 0) is 160 Å². The van der Waals surface area contributed by atoms with Gasteiger partial charge in [-0.15, -0.1) is 0 Å². The molecule has 1 saturated heterocycles. The summed E-state index contributed by atoms with van der Waals surface area (Å²) in [4.78, 5) is 62.5. The zero-order valence-corrected chi connectivity index (χ0v) is 49.9. The largest absolute Gasteiger partial charge is 0.494 e.